The van der Waals surface area contributed by atoms with Gasteiger partial charge in [0.2, 0.25) is 0 Å². The molecule has 0 fully saturated rings. The molecular weight excluding hydrogens is 414 g/mol. The minimum Gasteiger partial charge on any atom is -0.348 e. The molecule has 1 atom stereocenters. The first-order chi connectivity index (χ1) is 13.1. The monoisotopic (exact) mass is 427 g/mol. The Bertz CT molecular complexity index is 1000. The zero-order chi connectivity index (χ0) is 20.3. The Morgan fingerprint density at radius 1 is 1.14 bits per heavy atom. The van der Waals surface area contributed by atoms with E-state index in [1.165, 1.54) is 25.2 Å². The summed E-state index contributed by atoms with van der Waals surface area (Å²) in [6, 6.07) is 8.89. The van der Waals surface area contributed by atoms with Crippen molar-refractivity contribution in [3.63, 3.8) is 0 Å². The number of amides is 1. The summed E-state index contributed by atoms with van der Waals surface area (Å²) in [6.07, 6.45) is -5.07. The lowest BCUT2D eigenvalue weighted by Gasteiger charge is -2.37. The van der Waals surface area contributed by atoms with Crippen molar-refractivity contribution in [3.8, 4) is 0 Å². The van der Waals surface area contributed by atoms with Gasteiger partial charge in [-0.3, -0.25) is 9.80 Å². The Hall–Kier alpha value is -2.25. The van der Waals surface area contributed by atoms with Crippen molar-refractivity contribution >= 4 is 34.8 Å². The lowest BCUT2D eigenvalue weighted by molar-refractivity contribution is -0.227. The van der Waals surface area contributed by atoms with Crippen molar-refractivity contribution < 1.29 is 18.0 Å². The van der Waals surface area contributed by atoms with Crippen LogP contribution in [-0.2, 0) is 12.1 Å². The average molecular weight is 428 g/mol. The van der Waals surface area contributed by atoms with Crippen molar-refractivity contribution in [2.24, 2.45) is 5.10 Å². The van der Waals surface area contributed by atoms with Gasteiger partial charge in [-0.25, -0.2) is 0 Å². The van der Waals surface area contributed by atoms with Gasteiger partial charge in [0.1, 0.15) is 0 Å². The molecule has 4 rings (SSSR count). The predicted octanol–water partition coefficient (Wildman–Crippen LogP) is 4.73. The molecule has 0 bridgehead atoms. The minimum atomic E-state index is -4.64. The zero-order valence-electron chi connectivity index (χ0n) is 14.6. The number of nitrogens with zero attached hydrogens (tertiary/aromatic N) is 2. The third-order valence-electron chi connectivity index (χ3n) is 5.18. The molecule has 0 radical (unpaired) electrons. The van der Waals surface area contributed by atoms with Crippen LogP contribution in [0.25, 0.3) is 0 Å². The van der Waals surface area contributed by atoms with Crippen LogP contribution in [0.15, 0.2) is 41.5 Å². The second-order valence-electron chi connectivity index (χ2n) is 6.82. The Morgan fingerprint density at radius 3 is 2.46 bits per heavy atom. The lowest BCUT2D eigenvalue weighted by atomic mass is 9.83. The fourth-order valence-electron chi connectivity index (χ4n) is 3.74. The van der Waals surface area contributed by atoms with Crippen molar-refractivity contribution in [2.45, 2.75) is 24.7 Å². The quantitative estimate of drug-likeness (QED) is 0.752. The highest BCUT2D eigenvalue weighted by atomic mass is 35.5. The number of hydrogen-bond acceptors (Lipinski definition) is 3. The van der Waals surface area contributed by atoms with E-state index in [9.17, 15) is 18.0 Å². The first-order valence-electron chi connectivity index (χ1n) is 8.38. The Kier molecular flexibility index (Phi) is 4.35. The summed E-state index contributed by atoms with van der Waals surface area (Å²) in [7, 11) is 1.27. The number of carbonyl (C=O) groups excluding carboxylic acids is 1. The van der Waals surface area contributed by atoms with E-state index in [4.69, 9.17) is 23.2 Å². The molecule has 1 unspecified atom stereocenters. The fourth-order valence-corrected chi connectivity index (χ4v) is 4.27. The minimum absolute atomic E-state index is 0.0855. The summed E-state index contributed by atoms with van der Waals surface area (Å²) in [5.41, 5.74) is -0.515. The van der Waals surface area contributed by atoms with E-state index in [1.54, 1.807) is 18.2 Å². The van der Waals surface area contributed by atoms with Crippen LogP contribution in [0.4, 0.5) is 13.2 Å². The highest BCUT2D eigenvalue weighted by Gasteiger charge is 2.62. The van der Waals surface area contributed by atoms with E-state index in [0.29, 0.717) is 17.7 Å². The van der Waals surface area contributed by atoms with Crippen LogP contribution in [0, 0.1) is 0 Å². The number of fused-ring (bicyclic) bond motifs is 1. The smallest absolute Gasteiger partial charge is 0.348 e. The van der Waals surface area contributed by atoms with Crippen LogP contribution in [0.1, 0.15) is 33.5 Å². The van der Waals surface area contributed by atoms with Crippen LogP contribution in [0.2, 0.25) is 10.0 Å². The molecular formula is C19H14Cl2F3N3O. The summed E-state index contributed by atoms with van der Waals surface area (Å²) >= 11 is 11.9. The molecule has 2 heterocycles. The molecule has 1 N–H and O–H groups in total. The van der Waals surface area contributed by atoms with Crippen LogP contribution in [-0.4, -0.2) is 29.9 Å². The Labute approximate surface area is 168 Å². The molecule has 0 saturated heterocycles. The molecule has 4 nitrogen and oxygen atoms in total. The molecule has 2 aliphatic rings. The summed E-state index contributed by atoms with van der Waals surface area (Å²) in [6.45, 7) is 0.411. The van der Waals surface area contributed by atoms with Gasteiger partial charge in [-0.05, 0) is 41.0 Å². The molecule has 0 spiro atoms. The second kappa shape index (κ2) is 6.39. The van der Waals surface area contributed by atoms with E-state index in [-0.39, 0.29) is 27.2 Å². The summed E-state index contributed by atoms with van der Waals surface area (Å²) in [5.74, 6) is -0.243. The predicted molar refractivity (Wildman–Crippen MR) is 101 cm³/mol. The summed E-state index contributed by atoms with van der Waals surface area (Å²) in [4.78, 5) is 11.9. The number of hydrazone groups is 1. The molecule has 28 heavy (non-hydrogen) atoms. The van der Waals surface area contributed by atoms with E-state index in [0.717, 1.165) is 10.6 Å². The number of nitrogens with one attached hydrogen (secondary N) is 1. The highest BCUT2D eigenvalue weighted by molar-refractivity contribution is 6.34. The molecule has 0 aliphatic carbocycles. The zero-order valence-corrected chi connectivity index (χ0v) is 16.1. The summed E-state index contributed by atoms with van der Waals surface area (Å²) in [5, 5.41) is 8.00. The number of hydrogen-bond donors (Lipinski definition) is 1. The van der Waals surface area contributed by atoms with Crippen LogP contribution in [0.5, 0.6) is 0 Å². The van der Waals surface area contributed by atoms with Gasteiger partial charge in [0.25, 0.3) is 5.91 Å². The summed E-state index contributed by atoms with van der Waals surface area (Å²) < 4.78 is 43.0. The molecule has 9 heteroatoms. The van der Waals surface area contributed by atoms with Gasteiger partial charge in [0.05, 0.1) is 5.71 Å². The maximum Gasteiger partial charge on any atom is 0.417 e. The molecule has 0 aromatic heterocycles. The maximum absolute atomic E-state index is 14.3. The largest absolute Gasteiger partial charge is 0.417 e. The Balaban J connectivity index is 1.80. The van der Waals surface area contributed by atoms with Gasteiger partial charge in [-0.2, -0.15) is 18.3 Å². The number of rotatable bonds is 2. The SMILES string of the molecule is CN1N=C(c2ccc3c(c2)C(=O)NC3)CC1(c1cc(Cl)cc(Cl)c1)C(F)(F)F. The van der Waals surface area contributed by atoms with Gasteiger partial charge in [0.15, 0.2) is 5.54 Å². The van der Waals surface area contributed by atoms with E-state index < -0.39 is 18.1 Å². The van der Waals surface area contributed by atoms with Crippen molar-refractivity contribution in [2.75, 3.05) is 7.05 Å². The lowest BCUT2D eigenvalue weighted by Crippen LogP contribution is -2.50. The number of benzene rings is 2. The molecule has 2 aromatic carbocycles. The van der Waals surface area contributed by atoms with Gasteiger partial charge >= 0.3 is 6.18 Å². The van der Waals surface area contributed by atoms with Crippen molar-refractivity contribution in [3.05, 3.63) is 68.7 Å². The Morgan fingerprint density at radius 2 is 1.82 bits per heavy atom. The highest BCUT2D eigenvalue weighted by Crippen LogP contribution is 2.50. The first-order valence-corrected chi connectivity index (χ1v) is 9.13. The van der Waals surface area contributed by atoms with Gasteiger partial charge in [-0.15, -0.1) is 0 Å². The third-order valence-corrected chi connectivity index (χ3v) is 5.62. The van der Waals surface area contributed by atoms with Gasteiger partial charge in [0, 0.05) is 35.6 Å². The normalized spacial score (nSPS) is 21.6. The van der Waals surface area contributed by atoms with E-state index >= 15 is 0 Å². The van der Waals surface area contributed by atoms with Crippen molar-refractivity contribution in [1.29, 1.82) is 0 Å². The van der Waals surface area contributed by atoms with Crippen LogP contribution < -0.4 is 5.32 Å². The van der Waals surface area contributed by atoms with Crippen LogP contribution >= 0.6 is 23.2 Å². The van der Waals surface area contributed by atoms with Crippen LogP contribution in [0.3, 0.4) is 0 Å². The van der Waals surface area contributed by atoms with Gasteiger partial charge < -0.3 is 5.32 Å². The maximum atomic E-state index is 14.3. The number of carbonyl (C=O) groups is 1. The molecule has 0 saturated carbocycles. The van der Waals surface area contributed by atoms with Crippen molar-refractivity contribution in [1.82, 2.24) is 10.3 Å². The molecule has 2 aromatic rings. The van der Waals surface area contributed by atoms with Gasteiger partial charge in [-0.1, -0.05) is 35.3 Å². The molecule has 1 amide bonds. The second-order valence-corrected chi connectivity index (χ2v) is 7.69. The standard InChI is InChI=1S/C19H14Cl2F3N3O/c1-27-18(19(22,23)24,12-5-13(20)7-14(21)6-12)8-16(26-27)10-2-3-11-9-25-17(28)15(11)4-10/h2-7H,8-9H2,1H3,(H,25,28). The third kappa shape index (κ3) is 2.84. The molecule has 2 aliphatic heterocycles. The van der Waals surface area contributed by atoms with E-state index in [1.807, 2.05) is 0 Å². The first kappa shape index (κ1) is 19.1. The number of halogens is 5. The van der Waals surface area contributed by atoms with E-state index in [2.05, 4.69) is 10.4 Å². The molecule has 146 valence electrons. The number of alkyl halides is 3. The average Bonchev–Trinajstić information content (AvgIpc) is 3.14. The fraction of sp³-hybridized carbons (Fsp3) is 0.263. The topological polar surface area (TPSA) is 44.7 Å².